The maximum atomic E-state index is 12.5. The topological polar surface area (TPSA) is 215 Å². The number of halogens is 2. The smallest absolute Gasteiger partial charge is 0.274 e. The van der Waals surface area contributed by atoms with Gasteiger partial charge in [0.2, 0.25) is 29.7 Å². The molecule has 6 N–H and O–H groups in total. The van der Waals surface area contributed by atoms with Crippen molar-refractivity contribution in [3.63, 3.8) is 0 Å². The zero-order valence-electron chi connectivity index (χ0n) is 29.7. The number of thioether (sulfide) groups is 2. The minimum absolute atomic E-state index is 0.0422. The number of rotatable bonds is 21. The summed E-state index contributed by atoms with van der Waals surface area (Å²) in [5.41, 5.74) is 8.21. The number of carbonyl (C=O) groups is 1. The first-order chi connectivity index (χ1) is 26.6. The molecule has 3 aromatic carbocycles. The minimum Gasteiger partial charge on any atom is -0.353 e. The summed E-state index contributed by atoms with van der Waals surface area (Å²) in [5, 5.41) is 26.6. The van der Waals surface area contributed by atoms with E-state index in [-0.39, 0.29) is 31.2 Å². The van der Waals surface area contributed by atoms with Gasteiger partial charge in [-0.05, 0) is 35.4 Å². The van der Waals surface area contributed by atoms with Crippen molar-refractivity contribution in [2.75, 3.05) is 60.5 Å². The number of hydrogen-bond acceptors (Lipinski definition) is 16. The summed E-state index contributed by atoms with van der Waals surface area (Å²) in [7, 11) is 0. The van der Waals surface area contributed by atoms with Gasteiger partial charge in [-0.2, -0.15) is 29.9 Å². The third-order valence-corrected chi connectivity index (χ3v) is 9.91. The number of nitrogens with zero attached hydrogens (tertiary/aromatic N) is 8. The molecule has 288 valence electrons. The zero-order valence-corrected chi connectivity index (χ0v) is 32.9. The van der Waals surface area contributed by atoms with Crippen LogP contribution in [-0.2, 0) is 22.8 Å². The highest BCUT2D eigenvalue weighted by Gasteiger charge is 2.18. The van der Waals surface area contributed by atoms with Gasteiger partial charge in [-0.3, -0.25) is 14.9 Å². The van der Waals surface area contributed by atoms with Crippen LogP contribution in [0.4, 0.5) is 29.5 Å². The number of nitrogens with two attached hydrogens (primary N) is 1. The molecule has 0 saturated heterocycles. The second-order valence-electron chi connectivity index (χ2n) is 11.7. The van der Waals surface area contributed by atoms with Gasteiger partial charge in [-0.15, -0.1) is 0 Å². The lowest BCUT2D eigenvalue weighted by atomic mass is 10.1. The molecule has 2 heterocycles. The van der Waals surface area contributed by atoms with Gasteiger partial charge in [-0.1, -0.05) is 89.2 Å². The van der Waals surface area contributed by atoms with Gasteiger partial charge in [0.25, 0.3) is 5.69 Å². The fraction of sp³-hybridized carbons (Fsp3) is 0.286. The Kier molecular flexibility index (Phi) is 15.8. The predicted molar refractivity (Wildman–Crippen MR) is 219 cm³/mol. The Balaban J connectivity index is 1.23. The number of aromatic nitrogens is 6. The second-order valence-corrected chi connectivity index (χ2v) is 14.4. The molecular formula is C35H39Cl2N13O3S2. The number of amides is 1. The van der Waals surface area contributed by atoms with Crippen LogP contribution in [0.15, 0.2) is 83.1 Å². The van der Waals surface area contributed by atoms with Crippen LogP contribution in [0, 0.1) is 10.1 Å². The number of benzene rings is 3. The van der Waals surface area contributed by atoms with Crippen LogP contribution in [0.25, 0.3) is 0 Å². The van der Waals surface area contributed by atoms with Crippen molar-refractivity contribution in [3.8, 4) is 0 Å². The molecule has 0 aliphatic carbocycles. The molecule has 1 amide bonds. The maximum Gasteiger partial charge on any atom is 0.274 e. The van der Waals surface area contributed by atoms with Crippen molar-refractivity contribution >= 4 is 82.1 Å². The quantitative estimate of drug-likeness (QED) is 0.0241. The van der Waals surface area contributed by atoms with Crippen molar-refractivity contribution in [1.82, 2.24) is 34.8 Å². The fourth-order valence-corrected chi connectivity index (χ4v) is 6.66. The van der Waals surface area contributed by atoms with Gasteiger partial charge in [0.05, 0.1) is 11.5 Å². The Hall–Kier alpha value is -5.01. The van der Waals surface area contributed by atoms with Crippen molar-refractivity contribution in [2.24, 2.45) is 5.73 Å². The van der Waals surface area contributed by atoms with E-state index in [9.17, 15) is 14.9 Å². The van der Waals surface area contributed by atoms with Crippen LogP contribution in [0.2, 0.25) is 10.0 Å². The van der Waals surface area contributed by atoms with E-state index in [4.69, 9.17) is 28.9 Å². The molecule has 0 unspecified atom stereocenters. The average molecular weight is 825 g/mol. The van der Waals surface area contributed by atoms with Gasteiger partial charge >= 0.3 is 0 Å². The molecule has 0 aliphatic heterocycles. The molecule has 2 aromatic heterocycles. The average Bonchev–Trinajstić information content (AvgIpc) is 3.18. The summed E-state index contributed by atoms with van der Waals surface area (Å²) in [4.78, 5) is 52.5. The van der Waals surface area contributed by atoms with Gasteiger partial charge < -0.3 is 31.9 Å². The van der Waals surface area contributed by atoms with Crippen molar-refractivity contribution in [1.29, 1.82) is 0 Å². The summed E-state index contributed by atoms with van der Waals surface area (Å²) in [5.74, 6) is 2.45. The molecule has 0 saturated carbocycles. The number of nitrogens with one attached hydrogen (secondary N) is 4. The van der Waals surface area contributed by atoms with E-state index in [1.807, 2.05) is 48.5 Å². The van der Waals surface area contributed by atoms with E-state index in [0.29, 0.717) is 87.4 Å². The predicted octanol–water partition coefficient (Wildman–Crippen LogP) is 6.21. The maximum absolute atomic E-state index is 12.5. The first-order valence-corrected chi connectivity index (χ1v) is 19.8. The Bertz CT molecular complexity index is 2030. The van der Waals surface area contributed by atoms with Crippen LogP contribution in [0.3, 0.4) is 0 Å². The normalized spacial score (nSPS) is 10.8. The van der Waals surface area contributed by atoms with Crippen LogP contribution in [0.1, 0.15) is 23.6 Å². The van der Waals surface area contributed by atoms with Crippen molar-refractivity contribution in [3.05, 3.63) is 110 Å². The zero-order chi connectivity index (χ0) is 39.0. The molecule has 0 aliphatic rings. The Morgan fingerprint density at radius 2 is 1.16 bits per heavy atom. The number of nitro groups is 1. The number of para-hydroxylation sites is 1. The van der Waals surface area contributed by atoms with Gasteiger partial charge in [-0.25, -0.2) is 0 Å². The second kappa shape index (κ2) is 21.2. The molecule has 20 heteroatoms. The van der Waals surface area contributed by atoms with E-state index in [1.54, 1.807) is 18.2 Å². The standard InChI is InChI=1S/C35H39Cl2N13O3S2/c1-23(51)49(20-26-4-2-3-5-29(26)50(52)53)19-18-42-33-44-32(47-35(48-33)55-22-25-8-12-28(37)13-9-25)41-17-16-40-31-43-30(39-15-14-38)45-34(46-31)54-21-24-6-10-27(36)11-7-24/h2-13H,14-22,38H2,1H3,(H2,39,40,43,45,46)(H2,41,42,44,47,48). The Labute approximate surface area is 336 Å². The third-order valence-electron chi connectivity index (χ3n) is 7.57. The van der Waals surface area contributed by atoms with Gasteiger partial charge in [0.15, 0.2) is 10.3 Å². The first kappa shape index (κ1) is 41.2. The van der Waals surface area contributed by atoms with Crippen LogP contribution in [0.5, 0.6) is 0 Å². The van der Waals surface area contributed by atoms with Crippen LogP contribution >= 0.6 is 46.7 Å². The summed E-state index contributed by atoms with van der Waals surface area (Å²) in [6, 6.07) is 21.5. The van der Waals surface area contributed by atoms with Crippen LogP contribution in [-0.4, -0.2) is 84.9 Å². The van der Waals surface area contributed by atoms with Crippen molar-refractivity contribution in [2.45, 2.75) is 35.3 Å². The Morgan fingerprint density at radius 1 is 0.709 bits per heavy atom. The van der Waals surface area contributed by atoms with Gasteiger partial charge in [0.1, 0.15) is 0 Å². The first-order valence-electron chi connectivity index (χ1n) is 17.0. The lowest BCUT2D eigenvalue weighted by Gasteiger charge is -2.21. The van der Waals surface area contributed by atoms with Crippen LogP contribution < -0.4 is 27.0 Å². The third kappa shape index (κ3) is 13.7. The highest BCUT2D eigenvalue weighted by atomic mass is 35.5. The van der Waals surface area contributed by atoms with E-state index in [2.05, 4.69) is 51.2 Å². The van der Waals surface area contributed by atoms with E-state index in [0.717, 1.165) is 11.1 Å². The molecule has 5 aromatic rings. The molecule has 0 radical (unpaired) electrons. The largest absolute Gasteiger partial charge is 0.353 e. The van der Waals surface area contributed by atoms with Crippen molar-refractivity contribution < 1.29 is 9.72 Å². The lowest BCUT2D eigenvalue weighted by molar-refractivity contribution is -0.385. The number of hydrogen-bond donors (Lipinski definition) is 5. The van der Waals surface area contributed by atoms with E-state index in [1.165, 1.54) is 41.4 Å². The molecule has 0 spiro atoms. The number of carbonyl (C=O) groups excluding carboxylic acids is 1. The highest BCUT2D eigenvalue weighted by molar-refractivity contribution is 7.98. The van der Waals surface area contributed by atoms with E-state index < -0.39 is 4.92 Å². The molecule has 5 rings (SSSR count). The van der Waals surface area contributed by atoms with E-state index >= 15 is 0 Å². The molecule has 0 atom stereocenters. The Morgan fingerprint density at radius 3 is 1.62 bits per heavy atom. The number of anilines is 4. The minimum atomic E-state index is -0.452. The summed E-state index contributed by atoms with van der Waals surface area (Å²) < 4.78 is 0. The summed E-state index contributed by atoms with van der Waals surface area (Å²) >= 11 is 15.0. The molecular weight excluding hydrogens is 786 g/mol. The summed E-state index contributed by atoms with van der Waals surface area (Å²) in [6.07, 6.45) is 0. The molecule has 0 bridgehead atoms. The summed E-state index contributed by atoms with van der Waals surface area (Å²) in [6.45, 7) is 3.79. The SMILES string of the molecule is CC(=O)N(CCNc1nc(NCCNc2nc(NCCN)nc(SCc3ccc(Cl)cc3)n2)nc(SCc2ccc(Cl)cc2)n1)Cc1ccccc1[N+](=O)[O-]. The fourth-order valence-electron chi connectivity index (χ4n) is 4.83. The molecule has 0 fully saturated rings. The number of nitro benzene ring substituents is 1. The molecule has 55 heavy (non-hydrogen) atoms. The monoisotopic (exact) mass is 823 g/mol. The highest BCUT2D eigenvalue weighted by Crippen LogP contribution is 2.24. The lowest BCUT2D eigenvalue weighted by Crippen LogP contribution is -2.33. The molecule has 16 nitrogen and oxygen atoms in total. The van der Waals surface area contributed by atoms with Gasteiger partial charge in [0, 0.05) is 79.4 Å².